The monoisotopic (exact) mass is 385 g/mol. The maximum Gasteiger partial charge on any atom is 0.154 e. The van der Waals surface area contributed by atoms with E-state index in [2.05, 4.69) is 15.3 Å². The molecule has 0 saturated heterocycles. The van der Waals surface area contributed by atoms with Crippen LogP contribution in [0.4, 0.5) is 5.82 Å². The number of hydrogen-bond donors (Lipinski definition) is 1. The van der Waals surface area contributed by atoms with E-state index in [1.165, 1.54) is 0 Å². The summed E-state index contributed by atoms with van der Waals surface area (Å²) in [4.78, 5) is 8.56. The largest absolute Gasteiger partial charge is 0.490 e. The number of ether oxygens (including phenoxy) is 1. The highest BCUT2D eigenvalue weighted by molar-refractivity contribution is 5.63. The van der Waals surface area contributed by atoms with Crippen molar-refractivity contribution in [2.24, 2.45) is 0 Å². The van der Waals surface area contributed by atoms with Gasteiger partial charge in [-0.05, 0) is 62.1 Å². The number of para-hydroxylation sites is 1. The van der Waals surface area contributed by atoms with E-state index < -0.39 is 0 Å². The highest BCUT2D eigenvalue weighted by Crippen LogP contribution is 2.26. The molecule has 0 radical (unpaired) electrons. The maximum atomic E-state index is 6.10. The van der Waals surface area contributed by atoms with Crippen LogP contribution in [0.25, 0.3) is 16.9 Å². The Hall–Kier alpha value is -3.41. The van der Waals surface area contributed by atoms with Gasteiger partial charge < -0.3 is 10.1 Å². The van der Waals surface area contributed by atoms with Crippen molar-refractivity contribution in [1.29, 1.82) is 0 Å². The van der Waals surface area contributed by atoms with Crippen molar-refractivity contribution in [2.75, 3.05) is 5.32 Å². The average molecular weight is 385 g/mol. The van der Waals surface area contributed by atoms with Crippen molar-refractivity contribution in [3.05, 3.63) is 73.2 Å². The van der Waals surface area contributed by atoms with Gasteiger partial charge in [-0.15, -0.1) is 5.10 Å². The summed E-state index contributed by atoms with van der Waals surface area (Å²) in [7, 11) is 0. The van der Waals surface area contributed by atoms with Crippen LogP contribution < -0.4 is 10.1 Å². The van der Waals surface area contributed by atoms with E-state index in [1.807, 2.05) is 65.3 Å². The first-order valence-electron chi connectivity index (χ1n) is 10.1. The third-order valence-corrected chi connectivity index (χ3v) is 5.41. The molecule has 1 aliphatic rings. The number of hydrogen-bond acceptors (Lipinski definition) is 5. The van der Waals surface area contributed by atoms with Gasteiger partial charge in [-0.3, -0.25) is 4.98 Å². The van der Waals surface area contributed by atoms with Gasteiger partial charge in [0.05, 0.1) is 18.0 Å². The molecule has 0 atom stereocenters. The van der Waals surface area contributed by atoms with E-state index in [1.54, 1.807) is 12.4 Å². The van der Waals surface area contributed by atoms with Crippen molar-refractivity contribution in [1.82, 2.24) is 19.6 Å². The molecule has 146 valence electrons. The topological polar surface area (TPSA) is 64.3 Å². The van der Waals surface area contributed by atoms with Gasteiger partial charge in [0.25, 0.3) is 0 Å². The fourth-order valence-corrected chi connectivity index (χ4v) is 3.90. The van der Waals surface area contributed by atoms with E-state index in [-0.39, 0.29) is 6.10 Å². The molecule has 6 nitrogen and oxygen atoms in total. The third kappa shape index (κ3) is 3.92. The van der Waals surface area contributed by atoms with Crippen molar-refractivity contribution < 1.29 is 4.74 Å². The lowest BCUT2D eigenvalue weighted by molar-refractivity contribution is 0.150. The number of anilines is 1. The summed E-state index contributed by atoms with van der Waals surface area (Å²) in [6.07, 6.45) is 9.94. The zero-order valence-electron chi connectivity index (χ0n) is 16.1. The number of imidazole rings is 1. The van der Waals surface area contributed by atoms with Crippen LogP contribution in [0, 0.1) is 0 Å². The molecule has 0 bridgehead atoms. The summed E-state index contributed by atoms with van der Waals surface area (Å²) in [6.45, 7) is 0. The molecule has 4 aromatic rings. The highest BCUT2D eigenvalue weighted by Gasteiger charge is 2.23. The lowest BCUT2D eigenvalue weighted by Crippen LogP contribution is -2.31. The Balaban J connectivity index is 1.25. The Morgan fingerprint density at radius 2 is 1.69 bits per heavy atom. The van der Waals surface area contributed by atoms with Gasteiger partial charge in [0.15, 0.2) is 5.65 Å². The van der Waals surface area contributed by atoms with Crippen molar-refractivity contribution in [3.8, 4) is 17.0 Å². The molecule has 1 fully saturated rings. The fourth-order valence-electron chi connectivity index (χ4n) is 3.90. The molecule has 0 unspecified atom stereocenters. The number of nitrogens with zero attached hydrogens (tertiary/aromatic N) is 4. The number of fused-ring (bicyclic) bond motifs is 1. The van der Waals surface area contributed by atoms with Gasteiger partial charge in [0, 0.05) is 24.0 Å². The molecule has 29 heavy (non-hydrogen) atoms. The van der Waals surface area contributed by atoms with Crippen LogP contribution in [0.1, 0.15) is 25.7 Å². The minimum Gasteiger partial charge on any atom is -0.490 e. The van der Waals surface area contributed by atoms with Gasteiger partial charge >= 0.3 is 0 Å². The van der Waals surface area contributed by atoms with Crippen LogP contribution in [-0.4, -0.2) is 31.7 Å². The van der Waals surface area contributed by atoms with E-state index in [0.29, 0.717) is 6.04 Å². The molecule has 5 rings (SSSR count). The second-order valence-corrected chi connectivity index (χ2v) is 7.42. The molecule has 1 aromatic carbocycles. The summed E-state index contributed by atoms with van der Waals surface area (Å²) in [5.41, 5.74) is 2.85. The SMILES string of the molecule is c1ccc(O[C@H]2CC[C@@H](Nc3ccc4ncc(-c5ccncc5)n4n3)CC2)cc1. The van der Waals surface area contributed by atoms with E-state index in [0.717, 1.165) is 54.2 Å². The first-order chi connectivity index (χ1) is 14.3. The van der Waals surface area contributed by atoms with Crippen molar-refractivity contribution in [2.45, 2.75) is 37.8 Å². The molecule has 1 saturated carbocycles. The summed E-state index contributed by atoms with van der Waals surface area (Å²) < 4.78 is 8.00. The van der Waals surface area contributed by atoms with E-state index >= 15 is 0 Å². The van der Waals surface area contributed by atoms with Crippen LogP contribution >= 0.6 is 0 Å². The van der Waals surface area contributed by atoms with Crippen LogP contribution in [0.5, 0.6) is 5.75 Å². The molecule has 0 aliphatic heterocycles. The minimum atomic E-state index is 0.290. The first kappa shape index (κ1) is 17.7. The van der Waals surface area contributed by atoms with E-state index in [9.17, 15) is 0 Å². The molecule has 1 N–H and O–H groups in total. The maximum absolute atomic E-state index is 6.10. The predicted molar refractivity (Wildman–Crippen MR) is 113 cm³/mol. The lowest BCUT2D eigenvalue weighted by atomic mass is 9.93. The molecular formula is C23H23N5O. The molecule has 3 aromatic heterocycles. The average Bonchev–Trinajstić information content (AvgIpc) is 3.20. The Kier molecular flexibility index (Phi) is 4.82. The number of nitrogens with one attached hydrogen (secondary N) is 1. The second-order valence-electron chi connectivity index (χ2n) is 7.42. The predicted octanol–water partition coefficient (Wildman–Crippen LogP) is 4.59. The first-order valence-corrected chi connectivity index (χ1v) is 10.1. The molecular weight excluding hydrogens is 362 g/mol. The molecule has 0 amide bonds. The summed E-state index contributed by atoms with van der Waals surface area (Å²) >= 11 is 0. The number of benzene rings is 1. The van der Waals surface area contributed by atoms with Gasteiger partial charge in [0.2, 0.25) is 0 Å². The molecule has 1 aliphatic carbocycles. The standard InChI is InChI=1S/C23H23N5O/c1-2-4-19(5-3-1)29-20-8-6-18(7-9-20)26-22-10-11-23-25-16-21(28(23)27-22)17-12-14-24-15-13-17/h1-5,10-16,18,20H,6-9H2,(H,26,27)/t18-,20+. The Morgan fingerprint density at radius 1 is 0.897 bits per heavy atom. The second kappa shape index (κ2) is 7.91. The van der Waals surface area contributed by atoms with Crippen LogP contribution in [0.2, 0.25) is 0 Å². The Morgan fingerprint density at radius 3 is 2.48 bits per heavy atom. The lowest BCUT2D eigenvalue weighted by Gasteiger charge is -2.29. The number of aromatic nitrogens is 4. The van der Waals surface area contributed by atoms with Crippen LogP contribution in [0.3, 0.4) is 0 Å². The van der Waals surface area contributed by atoms with Gasteiger partial charge in [0.1, 0.15) is 11.6 Å². The summed E-state index contributed by atoms with van der Waals surface area (Å²) in [6, 6.07) is 18.4. The fraction of sp³-hybridized carbons (Fsp3) is 0.261. The van der Waals surface area contributed by atoms with E-state index in [4.69, 9.17) is 9.84 Å². The highest BCUT2D eigenvalue weighted by atomic mass is 16.5. The smallest absolute Gasteiger partial charge is 0.154 e. The van der Waals surface area contributed by atoms with Crippen molar-refractivity contribution >= 4 is 11.5 Å². The normalized spacial score (nSPS) is 19.2. The summed E-state index contributed by atoms with van der Waals surface area (Å²) in [5.74, 6) is 1.83. The Labute approximate surface area is 169 Å². The van der Waals surface area contributed by atoms with Gasteiger partial charge in [-0.25, -0.2) is 9.50 Å². The quantitative estimate of drug-likeness (QED) is 0.544. The molecule has 0 spiro atoms. The number of rotatable bonds is 5. The molecule has 6 heteroatoms. The Bertz CT molecular complexity index is 1070. The third-order valence-electron chi connectivity index (χ3n) is 5.41. The minimum absolute atomic E-state index is 0.290. The zero-order chi connectivity index (χ0) is 19.5. The van der Waals surface area contributed by atoms with Crippen LogP contribution in [0.15, 0.2) is 73.2 Å². The molecule has 3 heterocycles. The van der Waals surface area contributed by atoms with Crippen LogP contribution in [-0.2, 0) is 0 Å². The number of pyridine rings is 1. The summed E-state index contributed by atoms with van der Waals surface area (Å²) in [5, 5.41) is 8.38. The van der Waals surface area contributed by atoms with Gasteiger partial charge in [-0.1, -0.05) is 18.2 Å². The van der Waals surface area contributed by atoms with Crippen molar-refractivity contribution in [3.63, 3.8) is 0 Å². The van der Waals surface area contributed by atoms with Gasteiger partial charge in [-0.2, -0.15) is 0 Å². The zero-order valence-corrected chi connectivity index (χ0v) is 16.1.